The van der Waals surface area contributed by atoms with Crippen molar-refractivity contribution in [3.8, 4) is 0 Å². The van der Waals surface area contributed by atoms with Gasteiger partial charge >= 0.3 is 0 Å². The summed E-state index contributed by atoms with van der Waals surface area (Å²) in [6.45, 7) is 3.15. The molecule has 1 rings (SSSR count). The second-order valence-corrected chi connectivity index (χ2v) is 5.00. The van der Waals surface area contributed by atoms with Crippen molar-refractivity contribution in [1.82, 2.24) is 10.6 Å². The molecule has 0 aliphatic carbocycles. The highest BCUT2D eigenvalue weighted by atomic mass is 35.5. The molecule has 124 valence electrons. The van der Waals surface area contributed by atoms with Gasteiger partial charge in [-0.25, -0.2) is 8.78 Å². The number of hydrogen-bond donors (Lipinski definition) is 3. The van der Waals surface area contributed by atoms with Crippen LogP contribution >= 0.6 is 12.4 Å². The number of amides is 2. The third-order valence-corrected chi connectivity index (χ3v) is 2.93. The van der Waals surface area contributed by atoms with Gasteiger partial charge in [-0.05, 0) is 24.1 Å². The van der Waals surface area contributed by atoms with Crippen LogP contribution in [0.5, 0.6) is 0 Å². The minimum Gasteiger partial charge on any atom is -0.350 e. The van der Waals surface area contributed by atoms with Gasteiger partial charge in [-0.15, -0.1) is 12.4 Å². The number of halogens is 3. The van der Waals surface area contributed by atoms with E-state index in [2.05, 4.69) is 10.6 Å². The Bertz CT molecular complexity index is 527. The highest BCUT2D eigenvalue weighted by Gasteiger charge is 2.17. The van der Waals surface area contributed by atoms with E-state index in [1.807, 2.05) is 0 Å². The van der Waals surface area contributed by atoms with Gasteiger partial charge < -0.3 is 16.4 Å². The number of carbonyl (C=O) groups excluding carboxylic acids is 2. The van der Waals surface area contributed by atoms with Crippen LogP contribution in [-0.4, -0.2) is 24.4 Å². The predicted molar refractivity (Wildman–Crippen MR) is 81.3 cm³/mol. The Morgan fingerprint density at radius 2 is 1.86 bits per heavy atom. The highest BCUT2D eigenvalue weighted by Crippen LogP contribution is 2.08. The molecular weight excluding hydrogens is 316 g/mol. The van der Waals surface area contributed by atoms with Crippen molar-refractivity contribution in [3.63, 3.8) is 0 Å². The molecule has 1 aromatic carbocycles. The largest absolute Gasteiger partial charge is 0.350 e. The Morgan fingerprint density at radius 3 is 2.45 bits per heavy atom. The van der Waals surface area contributed by atoms with E-state index in [1.54, 1.807) is 13.8 Å². The number of rotatable bonds is 6. The number of hydrogen-bond acceptors (Lipinski definition) is 3. The smallest absolute Gasteiger partial charge is 0.239 e. The Morgan fingerprint density at radius 1 is 1.23 bits per heavy atom. The van der Waals surface area contributed by atoms with Crippen LogP contribution in [0.4, 0.5) is 8.78 Å². The Hall–Kier alpha value is -1.73. The van der Waals surface area contributed by atoms with Gasteiger partial charge in [-0.3, -0.25) is 9.59 Å². The molecule has 0 unspecified atom stereocenters. The molecule has 8 heteroatoms. The first-order chi connectivity index (χ1) is 9.81. The maximum absolute atomic E-state index is 13.3. The molecule has 0 fully saturated rings. The topological polar surface area (TPSA) is 84.2 Å². The van der Waals surface area contributed by atoms with Gasteiger partial charge in [0.05, 0.1) is 12.6 Å². The summed E-state index contributed by atoms with van der Waals surface area (Å²) in [5.41, 5.74) is 5.65. The summed E-state index contributed by atoms with van der Waals surface area (Å²) in [5.74, 6) is -2.19. The summed E-state index contributed by atoms with van der Waals surface area (Å²) in [5, 5.41) is 4.77. The molecule has 22 heavy (non-hydrogen) atoms. The quantitative estimate of drug-likeness (QED) is 0.728. The molecule has 1 atom stereocenters. The van der Waals surface area contributed by atoms with Crippen molar-refractivity contribution >= 4 is 24.2 Å². The van der Waals surface area contributed by atoms with Crippen molar-refractivity contribution in [2.45, 2.75) is 26.4 Å². The van der Waals surface area contributed by atoms with E-state index in [1.165, 1.54) is 0 Å². The SMILES string of the molecule is CC(C)[C@H](N)C(=O)NCC(=O)NCc1cc(F)ccc1F.Cl. The average Bonchev–Trinajstić information content (AvgIpc) is 2.44. The van der Waals surface area contributed by atoms with E-state index in [-0.39, 0.29) is 37.0 Å². The predicted octanol–water partition coefficient (Wildman–Crippen LogP) is 1.10. The van der Waals surface area contributed by atoms with E-state index >= 15 is 0 Å². The summed E-state index contributed by atoms with van der Waals surface area (Å²) in [6, 6.07) is 2.29. The monoisotopic (exact) mass is 335 g/mol. The van der Waals surface area contributed by atoms with Gasteiger partial charge in [0, 0.05) is 12.1 Å². The van der Waals surface area contributed by atoms with Crippen LogP contribution in [0.3, 0.4) is 0 Å². The van der Waals surface area contributed by atoms with Crippen LogP contribution in [-0.2, 0) is 16.1 Å². The number of nitrogens with two attached hydrogens (primary N) is 1. The van der Waals surface area contributed by atoms with Gasteiger partial charge in [0.25, 0.3) is 0 Å². The van der Waals surface area contributed by atoms with Gasteiger partial charge in [0.15, 0.2) is 0 Å². The molecule has 2 amide bonds. The van der Waals surface area contributed by atoms with E-state index < -0.39 is 29.5 Å². The number of carbonyl (C=O) groups is 2. The second kappa shape index (κ2) is 9.32. The van der Waals surface area contributed by atoms with Crippen LogP contribution in [0.1, 0.15) is 19.4 Å². The maximum Gasteiger partial charge on any atom is 0.239 e. The van der Waals surface area contributed by atoms with Crippen LogP contribution in [0.25, 0.3) is 0 Å². The summed E-state index contributed by atoms with van der Waals surface area (Å²) in [6.07, 6.45) is 0. The first kappa shape index (κ1) is 20.3. The third kappa shape index (κ3) is 6.36. The fourth-order valence-electron chi connectivity index (χ4n) is 1.52. The fourth-order valence-corrected chi connectivity index (χ4v) is 1.52. The maximum atomic E-state index is 13.3. The highest BCUT2D eigenvalue weighted by molar-refractivity contribution is 5.87. The molecule has 0 radical (unpaired) electrons. The molecule has 0 saturated carbocycles. The molecule has 5 nitrogen and oxygen atoms in total. The minimum absolute atomic E-state index is 0. The summed E-state index contributed by atoms with van der Waals surface area (Å²) >= 11 is 0. The van der Waals surface area contributed by atoms with Crippen LogP contribution < -0.4 is 16.4 Å². The summed E-state index contributed by atoms with van der Waals surface area (Å²) in [4.78, 5) is 23.1. The Kier molecular flexibility index (Phi) is 8.59. The lowest BCUT2D eigenvalue weighted by atomic mass is 10.1. The lowest BCUT2D eigenvalue weighted by Gasteiger charge is -2.15. The number of nitrogens with one attached hydrogen (secondary N) is 2. The van der Waals surface area contributed by atoms with Crippen molar-refractivity contribution in [2.24, 2.45) is 11.7 Å². The normalized spacial score (nSPS) is 11.5. The van der Waals surface area contributed by atoms with Gasteiger partial charge in [0.1, 0.15) is 11.6 Å². The first-order valence-corrected chi connectivity index (χ1v) is 6.55. The molecule has 0 saturated heterocycles. The van der Waals surface area contributed by atoms with E-state index in [0.29, 0.717) is 0 Å². The molecule has 0 spiro atoms. The second-order valence-electron chi connectivity index (χ2n) is 5.00. The summed E-state index contributed by atoms with van der Waals surface area (Å²) < 4.78 is 26.3. The molecule has 0 bridgehead atoms. The van der Waals surface area contributed by atoms with Gasteiger partial charge in [-0.2, -0.15) is 0 Å². The Labute approximate surface area is 134 Å². The van der Waals surface area contributed by atoms with Crippen LogP contribution in [0.2, 0.25) is 0 Å². The molecule has 4 N–H and O–H groups in total. The van der Waals surface area contributed by atoms with E-state index in [4.69, 9.17) is 5.73 Å². The van der Waals surface area contributed by atoms with Gasteiger partial charge in [0.2, 0.25) is 11.8 Å². The van der Waals surface area contributed by atoms with Crippen molar-refractivity contribution in [3.05, 3.63) is 35.4 Å². The molecule has 0 aliphatic heterocycles. The van der Waals surface area contributed by atoms with Crippen molar-refractivity contribution < 1.29 is 18.4 Å². The molecule has 0 heterocycles. The average molecular weight is 336 g/mol. The lowest BCUT2D eigenvalue weighted by molar-refractivity contribution is -0.127. The zero-order valence-corrected chi connectivity index (χ0v) is 13.2. The standard InChI is InChI=1S/C14H19F2N3O2.ClH/c1-8(2)13(17)14(21)19-7-12(20)18-6-9-5-10(15)3-4-11(9)16;/h3-5,8,13H,6-7,17H2,1-2H3,(H,18,20)(H,19,21);1H/t13-;/m0./s1. The molecular formula is C14H20ClF2N3O2. The van der Waals surface area contributed by atoms with Crippen LogP contribution in [0.15, 0.2) is 18.2 Å². The number of benzene rings is 1. The summed E-state index contributed by atoms with van der Waals surface area (Å²) in [7, 11) is 0. The fraction of sp³-hybridized carbons (Fsp3) is 0.429. The zero-order chi connectivity index (χ0) is 16.0. The third-order valence-electron chi connectivity index (χ3n) is 2.93. The molecule has 0 aromatic heterocycles. The minimum atomic E-state index is -0.696. The van der Waals surface area contributed by atoms with Gasteiger partial charge in [-0.1, -0.05) is 13.8 Å². The van der Waals surface area contributed by atoms with E-state index in [0.717, 1.165) is 18.2 Å². The van der Waals surface area contributed by atoms with Crippen molar-refractivity contribution in [2.75, 3.05) is 6.54 Å². The first-order valence-electron chi connectivity index (χ1n) is 6.55. The van der Waals surface area contributed by atoms with Crippen LogP contribution in [0, 0.1) is 17.6 Å². The van der Waals surface area contributed by atoms with Crippen molar-refractivity contribution in [1.29, 1.82) is 0 Å². The Balaban J connectivity index is 0.00000441. The van der Waals surface area contributed by atoms with E-state index in [9.17, 15) is 18.4 Å². The lowest BCUT2D eigenvalue weighted by Crippen LogP contribution is -2.47. The molecule has 1 aromatic rings. The molecule has 0 aliphatic rings. The zero-order valence-electron chi connectivity index (χ0n) is 12.4.